The molecule has 1 aromatic rings. The van der Waals surface area contributed by atoms with Gasteiger partial charge in [0.05, 0.1) is 11.8 Å². The number of rotatable bonds is 6. The van der Waals surface area contributed by atoms with E-state index in [0.29, 0.717) is 0 Å². The summed E-state index contributed by atoms with van der Waals surface area (Å²) in [5.41, 5.74) is -0.103. The Hall–Kier alpha value is -1.96. The number of alkyl halides is 2. The number of halogens is 3. The summed E-state index contributed by atoms with van der Waals surface area (Å²) in [6.45, 7) is 0.408. The van der Waals surface area contributed by atoms with Crippen LogP contribution in [0.1, 0.15) is 13.8 Å². The standard InChI is InChI=1S/C13H17F3N2O3/c1-7(2)10(19)6-17-13(20)18-9-4-3-8(14)5-11(9)21-12(15)16/h3-5,7,10,12,19H,6H2,1-2H3,(H2,17,18,20)/t10-/m1/s1. The molecule has 0 saturated carbocycles. The molecule has 3 N–H and O–H groups in total. The molecule has 0 unspecified atom stereocenters. The van der Waals surface area contributed by atoms with Gasteiger partial charge in [0.1, 0.15) is 5.82 Å². The number of hydrogen-bond donors (Lipinski definition) is 3. The Bertz CT molecular complexity index is 484. The molecular formula is C13H17F3N2O3. The van der Waals surface area contributed by atoms with Crippen LogP contribution in [0.3, 0.4) is 0 Å². The molecule has 8 heteroatoms. The quantitative estimate of drug-likeness (QED) is 0.756. The van der Waals surface area contributed by atoms with E-state index in [1.165, 1.54) is 0 Å². The van der Waals surface area contributed by atoms with Gasteiger partial charge in [0.25, 0.3) is 0 Å². The maximum atomic E-state index is 13.0. The number of benzene rings is 1. The number of carbonyl (C=O) groups excluding carboxylic acids is 1. The molecule has 2 amide bonds. The minimum absolute atomic E-state index is 0.00423. The maximum Gasteiger partial charge on any atom is 0.387 e. The van der Waals surface area contributed by atoms with E-state index < -0.39 is 30.3 Å². The Balaban J connectivity index is 2.67. The van der Waals surface area contributed by atoms with Crippen LogP contribution in [-0.2, 0) is 0 Å². The highest BCUT2D eigenvalue weighted by Gasteiger charge is 2.14. The zero-order valence-electron chi connectivity index (χ0n) is 11.6. The van der Waals surface area contributed by atoms with Crippen LogP contribution < -0.4 is 15.4 Å². The zero-order chi connectivity index (χ0) is 16.0. The topological polar surface area (TPSA) is 70.6 Å². The number of anilines is 1. The van der Waals surface area contributed by atoms with Crippen molar-refractivity contribution in [2.24, 2.45) is 5.92 Å². The lowest BCUT2D eigenvalue weighted by Crippen LogP contribution is -2.37. The molecule has 1 aromatic carbocycles. The van der Waals surface area contributed by atoms with Crippen LogP contribution in [0.15, 0.2) is 18.2 Å². The van der Waals surface area contributed by atoms with Crippen molar-refractivity contribution < 1.29 is 27.8 Å². The first-order valence-corrected chi connectivity index (χ1v) is 6.27. The molecule has 0 aliphatic heterocycles. The van der Waals surface area contributed by atoms with E-state index in [4.69, 9.17) is 0 Å². The summed E-state index contributed by atoms with van der Waals surface area (Å²) in [4.78, 5) is 11.6. The van der Waals surface area contributed by atoms with Crippen molar-refractivity contribution in [1.29, 1.82) is 0 Å². The van der Waals surface area contributed by atoms with Crippen molar-refractivity contribution in [1.82, 2.24) is 5.32 Å². The molecular weight excluding hydrogens is 289 g/mol. The summed E-state index contributed by atoms with van der Waals surface area (Å²) >= 11 is 0. The van der Waals surface area contributed by atoms with Crippen molar-refractivity contribution in [2.75, 3.05) is 11.9 Å². The average Bonchev–Trinajstić information content (AvgIpc) is 2.38. The Morgan fingerprint density at radius 2 is 2.05 bits per heavy atom. The van der Waals surface area contributed by atoms with Gasteiger partial charge in [-0.15, -0.1) is 0 Å². The van der Waals surface area contributed by atoms with E-state index in [1.807, 2.05) is 0 Å². The van der Waals surface area contributed by atoms with Crippen molar-refractivity contribution >= 4 is 11.7 Å². The number of ether oxygens (including phenoxy) is 1. The normalized spacial score (nSPS) is 12.4. The molecule has 0 aliphatic carbocycles. The minimum Gasteiger partial charge on any atom is -0.432 e. The molecule has 21 heavy (non-hydrogen) atoms. The third kappa shape index (κ3) is 5.90. The monoisotopic (exact) mass is 306 g/mol. The highest BCUT2D eigenvalue weighted by atomic mass is 19.3. The van der Waals surface area contributed by atoms with E-state index >= 15 is 0 Å². The molecule has 0 aromatic heterocycles. The molecule has 1 rings (SSSR count). The Morgan fingerprint density at radius 3 is 2.62 bits per heavy atom. The van der Waals surface area contributed by atoms with Gasteiger partial charge in [-0.2, -0.15) is 8.78 Å². The van der Waals surface area contributed by atoms with Crippen LogP contribution in [0.2, 0.25) is 0 Å². The van der Waals surface area contributed by atoms with E-state index in [9.17, 15) is 23.1 Å². The van der Waals surface area contributed by atoms with E-state index in [-0.39, 0.29) is 18.2 Å². The van der Waals surface area contributed by atoms with Gasteiger partial charge in [-0.3, -0.25) is 0 Å². The Morgan fingerprint density at radius 1 is 1.38 bits per heavy atom. The number of carbonyl (C=O) groups is 1. The highest BCUT2D eigenvalue weighted by Crippen LogP contribution is 2.26. The second-order valence-corrected chi connectivity index (χ2v) is 4.67. The van der Waals surface area contributed by atoms with Gasteiger partial charge in [0.2, 0.25) is 0 Å². The Kier molecular flexibility index (Phi) is 6.29. The van der Waals surface area contributed by atoms with Crippen LogP contribution in [-0.4, -0.2) is 30.4 Å². The maximum absolute atomic E-state index is 13.0. The van der Waals surface area contributed by atoms with Crippen LogP contribution in [0.5, 0.6) is 5.75 Å². The second kappa shape index (κ2) is 7.72. The van der Waals surface area contributed by atoms with Gasteiger partial charge >= 0.3 is 12.6 Å². The van der Waals surface area contributed by atoms with Crippen LogP contribution >= 0.6 is 0 Å². The van der Waals surface area contributed by atoms with Crippen molar-refractivity contribution in [3.05, 3.63) is 24.0 Å². The van der Waals surface area contributed by atoms with Gasteiger partial charge < -0.3 is 20.5 Å². The molecule has 5 nitrogen and oxygen atoms in total. The van der Waals surface area contributed by atoms with Gasteiger partial charge in [-0.25, -0.2) is 9.18 Å². The average molecular weight is 306 g/mol. The molecule has 0 bridgehead atoms. The fourth-order valence-corrected chi connectivity index (χ4v) is 1.39. The van der Waals surface area contributed by atoms with Gasteiger partial charge in [-0.05, 0) is 18.1 Å². The predicted octanol–water partition coefficient (Wildman–Crippen LogP) is 2.57. The third-order valence-electron chi connectivity index (χ3n) is 2.65. The summed E-state index contributed by atoms with van der Waals surface area (Å²) in [7, 11) is 0. The fraction of sp³-hybridized carbons (Fsp3) is 0.462. The van der Waals surface area contributed by atoms with Crippen LogP contribution in [0.4, 0.5) is 23.7 Å². The van der Waals surface area contributed by atoms with Crippen molar-refractivity contribution in [3.63, 3.8) is 0 Å². The summed E-state index contributed by atoms with van der Waals surface area (Å²) in [5, 5.41) is 14.2. The highest BCUT2D eigenvalue weighted by molar-refractivity contribution is 5.90. The molecule has 0 aliphatic rings. The zero-order valence-corrected chi connectivity index (χ0v) is 11.6. The summed E-state index contributed by atoms with van der Waals surface area (Å²) in [5.74, 6) is -1.30. The molecule has 118 valence electrons. The lowest BCUT2D eigenvalue weighted by Gasteiger charge is -2.16. The smallest absolute Gasteiger partial charge is 0.387 e. The van der Waals surface area contributed by atoms with E-state index in [0.717, 1.165) is 18.2 Å². The summed E-state index contributed by atoms with van der Waals surface area (Å²) in [6, 6.07) is 2.12. The molecule has 0 radical (unpaired) electrons. The summed E-state index contributed by atoms with van der Waals surface area (Å²) in [6.07, 6.45) is -0.735. The number of aliphatic hydroxyl groups is 1. The largest absolute Gasteiger partial charge is 0.432 e. The first kappa shape index (κ1) is 17.1. The Labute approximate surface area is 120 Å². The second-order valence-electron chi connectivity index (χ2n) is 4.67. The molecule has 1 atom stereocenters. The van der Waals surface area contributed by atoms with E-state index in [2.05, 4.69) is 15.4 Å². The number of hydrogen-bond acceptors (Lipinski definition) is 3. The molecule has 0 spiro atoms. The lowest BCUT2D eigenvalue weighted by molar-refractivity contribution is -0.0495. The SMILES string of the molecule is CC(C)[C@H](O)CNC(=O)Nc1ccc(F)cc1OC(F)F. The number of urea groups is 1. The number of amides is 2. The lowest BCUT2D eigenvalue weighted by atomic mass is 10.1. The van der Waals surface area contributed by atoms with Crippen molar-refractivity contribution in [3.8, 4) is 5.75 Å². The van der Waals surface area contributed by atoms with Gasteiger partial charge in [-0.1, -0.05) is 13.8 Å². The third-order valence-corrected chi connectivity index (χ3v) is 2.65. The first-order chi connectivity index (χ1) is 9.79. The fourth-order valence-electron chi connectivity index (χ4n) is 1.39. The molecule has 0 saturated heterocycles. The number of aliphatic hydroxyl groups excluding tert-OH is 1. The van der Waals surface area contributed by atoms with Crippen LogP contribution in [0.25, 0.3) is 0 Å². The predicted molar refractivity (Wildman–Crippen MR) is 70.9 cm³/mol. The van der Waals surface area contributed by atoms with Gasteiger partial charge in [0, 0.05) is 12.6 Å². The minimum atomic E-state index is -3.14. The van der Waals surface area contributed by atoms with Gasteiger partial charge in [0.15, 0.2) is 5.75 Å². The molecule has 0 heterocycles. The number of nitrogens with one attached hydrogen (secondary N) is 2. The summed E-state index contributed by atoms with van der Waals surface area (Å²) < 4.78 is 41.5. The van der Waals surface area contributed by atoms with E-state index in [1.54, 1.807) is 13.8 Å². The first-order valence-electron chi connectivity index (χ1n) is 6.27. The van der Waals surface area contributed by atoms with Crippen molar-refractivity contribution in [2.45, 2.75) is 26.6 Å². The molecule has 0 fully saturated rings. The van der Waals surface area contributed by atoms with Crippen LogP contribution in [0, 0.1) is 11.7 Å².